The van der Waals surface area contributed by atoms with Crippen LogP contribution in [0.3, 0.4) is 0 Å². The molecule has 2 aromatic carbocycles. The number of hydrogen-bond donors (Lipinski definition) is 0. The quantitative estimate of drug-likeness (QED) is 0.293. The number of carbonyl (C=O) groups excluding carboxylic acids is 1. The molecule has 0 fully saturated rings. The van der Waals surface area contributed by atoms with Gasteiger partial charge in [-0.25, -0.2) is 4.85 Å². The fourth-order valence-electron chi connectivity index (χ4n) is 3.45. The van der Waals surface area contributed by atoms with Crippen molar-refractivity contribution in [2.45, 2.75) is 52.1 Å². The Hall–Kier alpha value is -3.68. The molecule has 0 aliphatic heterocycles. The fourth-order valence-corrected chi connectivity index (χ4v) is 3.68. The van der Waals surface area contributed by atoms with Gasteiger partial charge in [-0.2, -0.15) is 5.26 Å². The van der Waals surface area contributed by atoms with Gasteiger partial charge in [0.05, 0.1) is 29.1 Å². The number of benzene rings is 2. The van der Waals surface area contributed by atoms with Crippen LogP contribution >= 0.6 is 11.6 Å². The fraction of sp³-hybridized carbons (Fsp3) is 0.320. The average molecular weight is 463 g/mol. The van der Waals surface area contributed by atoms with Gasteiger partial charge in [-0.3, -0.25) is 4.79 Å². The summed E-state index contributed by atoms with van der Waals surface area (Å²) in [5.41, 5.74) is 3.28. The molecule has 3 rings (SSSR count). The van der Waals surface area contributed by atoms with Crippen molar-refractivity contribution in [3.05, 3.63) is 75.4 Å². The predicted octanol–water partition coefficient (Wildman–Crippen LogP) is 6.18. The number of carbonyl (C=O) groups is 1. The Balaban J connectivity index is 1.95. The highest BCUT2D eigenvalue weighted by Gasteiger charge is 2.29. The molecular weight excluding hydrogens is 440 g/mol. The molecule has 0 unspecified atom stereocenters. The summed E-state index contributed by atoms with van der Waals surface area (Å²) in [6.45, 7) is 12.8. The zero-order valence-corrected chi connectivity index (χ0v) is 19.4. The van der Waals surface area contributed by atoms with Crippen LogP contribution in [0.25, 0.3) is 16.3 Å². The van der Waals surface area contributed by atoms with Gasteiger partial charge in [0.2, 0.25) is 17.5 Å². The van der Waals surface area contributed by atoms with Crippen LogP contribution in [0.2, 0.25) is 5.02 Å². The summed E-state index contributed by atoms with van der Waals surface area (Å²) in [7, 11) is 0. The molecule has 168 valence electrons. The van der Waals surface area contributed by atoms with Gasteiger partial charge in [0, 0.05) is 12.0 Å². The zero-order chi connectivity index (χ0) is 24.0. The maximum atomic E-state index is 12.2. The minimum absolute atomic E-state index is 0.292. The van der Waals surface area contributed by atoms with E-state index in [1.54, 1.807) is 37.3 Å². The maximum Gasteiger partial charge on any atom is 0.306 e. The van der Waals surface area contributed by atoms with E-state index in [1.807, 2.05) is 19.9 Å². The van der Waals surface area contributed by atoms with E-state index in [1.165, 1.54) is 0 Å². The number of esters is 1. The van der Waals surface area contributed by atoms with Crippen molar-refractivity contribution < 1.29 is 13.9 Å². The minimum Gasteiger partial charge on any atom is -0.462 e. The lowest BCUT2D eigenvalue weighted by Crippen LogP contribution is -2.25. The lowest BCUT2D eigenvalue weighted by molar-refractivity contribution is -0.149. The lowest BCUT2D eigenvalue weighted by Gasteiger charge is -2.22. The van der Waals surface area contributed by atoms with Gasteiger partial charge in [0.1, 0.15) is 6.10 Å². The summed E-state index contributed by atoms with van der Waals surface area (Å²) >= 11 is 6.37. The van der Waals surface area contributed by atoms with Gasteiger partial charge in [0.25, 0.3) is 0 Å². The number of aromatic nitrogens is 2. The largest absolute Gasteiger partial charge is 0.462 e. The van der Waals surface area contributed by atoms with Gasteiger partial charge in [-0.1, -0.05) is 30.7 Å². The third-order valence-electron chi connectivity index (χ3n) is 5.40. The van der Waals surface area contributed by atoms with Crippen molar-refractivity contribution in [1.82, 2.24) is 10.2 Å². The average Bonchev–Trinajstić information content (AvgIpc) is 3.30. The second kappa shape index (κ2) is 10.8. The van der Waals surface area contributed by atoms with E-state index in [0.717, 1.165) is 11.1 Å². The van der Waals surface area contributed by atoms with Crippen LogP contribution in [0.1, 0.15) is 55.2 Å². The molecule has 7 nitrogen and oxygen atoms in total. The van der Waals surface area contributed by atoms with Gasteiger partial charge >= 0.3 is 5.97 Å². The molecule has 0 aliphatic rings. The summed E-state index contributed by atoms with van der Waals surface area (Å²) in [5.74, 6) is -0.0699. The number of halogens is 1. The Morgan fingerprint density at radius 3 is 2.64 bits per heavy atom. The Bertz CT molecular complexity index is 1220. The van der Waals surface area contributed by atoms with Crippen molar-refractivity contribution in [2.75, 3.05) is 0 Å². The van der Waals surface area contributed by atoms with Crippen molar-refractivity contribution in [3.63, 3.8) is 0 Å². The Kier molecular flexibility index (Phi) is 7.82. The van der Waals surface area contributed by atoms with Crippen LogP contribution in [0, 0.1) is 24.8 Å². The third kappa shape index (κ3) is 5.58. The van der Waals surface area contributed by atoms with Crippen molar-refractivity contribution in [3.8, 4) is 17.5 Å². The summed E-state index contributed by atoms with van der Waals surface area (Å²) in [6.07, 6.45) is 0.908. The molecule has 3 aromatic rings. The molecule has 8 heteroatoms. The monoisotopic (exact) mass is 462 g/mol. The van der Waals surface area contributed by atoms with E-state index in [2.05, 4.69) is 21.1 Å². The first-order valence-electron chi connectivity index (χ1n) is 10.6. The zero-order valence-electron chi connectivity index (χ0n) is 18.6. The molecule has 0 saturated carbocycles. The van der Waals surface area contributed by atoms with E-state index in [9.17, 15) is 4.79 Å². The number of ether oxygens (including phenoxy) is 1. The van der Waals surface area contributed by atoms with Gasteiger partial charge < -0.3 is 9.15 Å². The Labute approximate surface area is 197 Å². The molecule has 33 heavy (non-hydrogen) atoms. The molecule has 0 bridgehead atoms. The standard InChI is InChI=1S/C25H23ClN4O3/c1-5-6-22(31)32-16(3)20(13-19-11-12-21(28-4)23(26)15(19)2)25-30-29-24(33-25)18-9-7-17(14-27)8-10-18/h7-12,16,20H,5-6,13H2,1-3H3/t16-,20+/m0/s1. The maximum absolute atomic E-state index is 12.2. The highest BCUT2D eigenvalue weighted by Crippen LogP contribution is 2.35. The minimum atomic E-state index is -0.531. The lowest BCUT2D eigenvalue weighted by atomic mass is 9.92. The smallest absolute Gasteiger partial charge is 0.306 e. The number of rotatable bonds is 8. The van der Waals surface area contributed by atoms with Crippen LogP contribution in [-0.4, -0.2) is 22.3 Å². The highest BCUT2D eigenvalue weighted by molar-refractivity contribution is 6.34. The molecule has 0 spiro atoms. The SMILES string of the molecule is [C-]#[N+]c1ccc(C[C@@H](c2nnc(-c3ccc(C#N)cc3)o2)[C@H](C)OC(=O)CCC)c(C)c1Cl. The highest BCUT2D eigenvalue weighted by atomic mass is 35.5. The molecular formula is C25H23ClN4O3. The molecule has 0 N–H and O–H groups in total. The normalized spacial score (nSPS) is 12.4. The van der Waals surface area contributed by atoms with Gasteiger partial charge in [-0.05, 0) is 62.1 Å². The summed E-state index contributed by atoms with van der Waals surface area (Å²) < 4.78 is 11.6. The molecule has 0 radical (unpaired) electrons. The second-order valence-electron chi connectivity index (χ2n) is 7.68. The van der Waals surface area contributed by atoms with E-state index in [-0.39, 0.29) is 5.97 Å². The summed E-state index contributed by atoms with van der Waals surface area (Å²) in [5, 5.41) is 17.8. The van der Waals surface area contributed by atoms with Crippen LogP contribution in [0.4, 0.5) is 5.69 Å². The number of hydrogen-bond acceptors (Lipinski definition) is 6. The molecule has 1 heterocycles. The summed E-state index contributed by atoms with van der Waals surface area (Å²) in [4.78, 5) is 15.6. The van der Waals surface area contributed by atoms with E-state index in [0.29, 0.717) is 52.9 Å². The molecule has 0 aliphatic carbocycles. The van der Waals surface area contributed by atoms with Crippen LogP contribution in [0.15, 0.2) is 40.8 Å². The summed E-state index contributed by atoms with van der Waals surface area (Å²) in [6, 6.07) is 12.4. The van der Waals surface area contributed by atoms with Gasteiger partial charge in [-0.15, -0.1) is 10.2 Å². The Morgan fingerprint density at radius 2 is 2.00 bits per heavy atom. The number of nitriles is 1. The topological polar surface area (TPSA) is 93.4 Å². The molecule has 0 saturated heterocycles. The molecule has 0 amide bonds. The van der Waals surface area contributed by atoms with Crippen LogP contribution in [-0.2, 0) is 16.0 Å². The first-order chi connectivity index (χ1) is 15.9. The van der Waals surface area contributed by atoms with Crippen LogP contribution in [0.5, 0.6) is 0 Å². The molecule has 1 aromatic heterocycles. The van der Waals surface area contributed by atoms with E-state index >= 15 is 0 Å². The van der Waals surface area contributed by atoms with E-state index in [4.69, 9.17) is 32.6 Å². The first-order valence-corrected chi connectivity index (χ1v) is 10.9. The second-order valence-corrected chi connectivity index (χ2v) is 8.06. The number of nitrogens with zero attached hydrogens (tertiary/aromatic N) is 4. The predicted molar refractivity (Wildman–Crippen MR) is 124 cm³/mol. The third-order valence-corrected chi connectivity index (χ3v) is 5.87. The van der Waals surface area contributed by atoms with Gasteiger partial charge in [0.15, 0.2) is 0 Å². The van der Waals surface area contributed by atoms with Crippen molar-refractivity contribution in [2.24, 2.45) is 0 Å². The first kappa shape index (κ1) is 24.0. The Morgan fingerprint density at radius 1 is 1.27 bits per heavy atom. The van der Waals surface area contributed by atoms with Crippen LogP contribution < -0.4 is 0 Å². The van der Waals surface area contributed by atoms with Crippen molar-refractivity contribution >= 4 is 23.3 Å². The van der Waals surface area contributed by atoms with Crippen molar-refractivity contribution in [1.29, 1.82) is 5.26 Å². The van der Waals surface area contributed by atoms with E-state index < -0.39 is 12.0 Å². The molecule has 2 atom stereocenters.